The van der Waals surface area contributed by atoms with Crippen molar-refractivity contribution in [2.24, 2.45) is 17.8 Å². The summed E-state index contributed by atoms with van der Waals surface area (Å²) in [6.07, 6.45) is 5.78. The van der Waals surface area contributed by atoms with Crippen LogP contribution in [-0.2, 0) is 18.8 Å². The van der Waals surface area contributed by atoms with Crippen LogP contribution in [0.25, 0.3) is 6.08 Å². The van der Waals surface area contributed by atoms with E-state index in [4.69, 9.17) is 9.16 Å². The average molecular weight is 798 g/mol. The minimum absolute atomic E-state index is 0.212. The number of nitrogens with zero attached hydrogens (tertiary/aromatic N) is 1. The van der Waals surface area contributed by atoms with Gasteiger partial charge in [-0.3, -0.25) is 14.5 Å². The number of phenolic OH excluding ortho intramolecular Hbond substituents is 1. The van der Waals surface area contributed by atoms with Crippen LogP contribution >= 0.6 is 0 Å². The van der Waals surface area contributed by atoms with E-state index in [1.54, 1.807) is 18.2 Å². The molecule has 7 rings (SSSR count). The first-order valence-corrected chi connectivity index (χ1v) is 22.6. The lowest BCUT2D eigenvalue weighted by Crippen LogP contribution is -2.66. The van der Waals surface area contributed by atoms with Crippen LogP contribution in [0.3, 0.4) is 0 Å². The van der Waals surface area contributed by atoms with Crippen LogP contribution in [0.5, 0.6) is 5.75 Å². The lowest BCUT2D eigenvalue weighted by Gasteiger charge is -2.44. The van der Waals surface area contributed by atoms with Crippen LogP contribution in [-0.4, -0.2) is 61.7 Å². The van der Waals surface area contributed by atoms with Crippen LogP contribution in [0.1, 0.15) is 76.5 Å². The summed E-state index contributed by atoms with van der Waals surface area (Å²) in [5, 5.41) is 32.3. The van der Waals surface area contributed by atoms with Crippen LogP contribution in [0.15, 0.2) is 114 Å². The summed E-state index contributed by atoms with van der Waals surface area (Å²) < 4.78 is 14.2. The van der Waals surface area contributed by atoms with Crippen molar-refractivity contribution >= 4 is 54.8 Å². The summed E-state index contributed by atoms with van der Waals surface area (Å²) in [4.78, 5) is 30.2. The van der Waals surface area contributed by atoms with Crippen LogP contribution in [0.4, 0.5) is 5.69 Å². The zero-order valence-electron chi connectivity index (χ0n) is 34.6. The molecule has 2 heterocycles. The molecular formula is C48H56BNO7Si. The Bertz CT molecular complexity index is 2150. The number of amides is 2. The zero-order valence-corrected chi connectivity index (χ0v) is 35.6. The van der Waals surface area contributed by atoms with Gasteiger partial charge in [-0.1, -0.05) is 119 Å². The molecule has 2 saturated heterocycles. The van der Waals surface area contributed by atoms with E-state index < -0.39 is 27.3 Å². The van der Waals surface area contributed by atoms with Gasteiger partial charge in [0.1, 0.15) is 5.75 Å². The Morgan fingerprint density at radius 1 is 0.879 bits per heavy atom. The van der Waals surface area contributed by atoms with E-state index in [0.29, 0.717) is 31.1 Å². The number of hydrogen-bond donors (Lipinski definition) is 3. The molecule has 2 fully saturated rings. The van der Waals surface area contributed by atoms with Gasteiger partial charge < -0.3 is 24.3 Å². The average Bonchev–Trinajstić information content (AvgIpc) is 3.74. The lowest BCUT2D eigenvalue weighted by molar-refractivity contribution is -0.122. The third-order valence-electron chi connectivity index (χ3n) is 12.5. The van der Waals surface area contributed by atoms with Gasteiger partial charge in [0.15, 0.2) is 0 Å². The Morgan fingerprint density at radius 2 is 1.52 bits per heavy atom. The fourth-order valence-electron chi connectivity index (χ4n) is 9.86. The van der Waals surface area contributed by atoms with E-state index in [0.717, 1.165) is 53.5 Å². The van der Waals surface area contributed by atoms with Crippen molar-refractivity contribution in [1.82, 2.24) is 0 Å². The van der Waals surface area contributed by atoms with Gasteiger partial charge in [-0.05, 0) is 113 Å². The molecule has 0 saturated carbocycles. The van der Waals surface area contributed by atoms with Crippen molar-refractivity contribution in [2.45, 2.75) is 84.8 Å². The number of hydrogen-bond acceptors (Lipinski definition) is 7. The van der Waals surface area contributed by atoms with E-state index in [9.17, 15) is 24.7 Å². The van der Waals surface area contributed by atoms with Gasteiger partial charge in [0.25, 0.3) is 8.32 Å². The standard InChI is InChI=1S/C48H56BNO7Si/c1-7-15-33(26-34-24-31(2)45(51)32(3)25-34)22-23-42-43-35(29-57-58(48(4,5)6,38-18-10-8-11-19-38)39-20-12-9-13-21-39)27-40-44(41(43)30-56-42)47(53)50(46(40)52)37-17-14-16-36(28-37)49(54)55/h8-14,16-21,24-26,28,40-42,44,51,54-55H,7,15,22-23,27,29-30H2,1-6H3/b33-26+/t40-,41+,42-,44-/m1/s1. The number of carbonyl (C=O) groups excluding carboxylic acids is 2. The van der Waals surface area contributed by atoms with E-state index >= 15 is 0 Å². The van der Waals surface area contributed by atoms with E-state index in [-0.39, 0.29) is 34.3 Å². The number of rotatable bonds is 13. The molecule has 302 valence electrons. The van der Waals surface area contributed by atoms with Crippen LogP contribution in [0, 0.1) is 31.6 Å². The van der Waals surface area contributed by atoms with Crippen molar-refractivity contribution < 1.29 is 33.9 Å². The maximum atomic E-state index is 14.5. The predicted octanol–water partition coefficient (Wildman–Crippen LogP) is 6.75. The summed E-state index contributed by atoms with van der Waals surface area (Å²) in [7, 11) is -4.69. The molecule has 4 aromatic rings. The first-order chi connectivity index (χ1) is 27.7. The van der Waals surface area contributed by atoms with Gasteiger partial charge in [-0.2, -0.15) is 0 Å². The van der Waals surface area contributed by atoms with Gasteiger partial charge in [0.05, 0.1) is 36.8 Å². The van der Waals surface area contributed by atoms with Crippen molar-refractivity contribution in [3.05, 3.63) is 130 Å². The maximum Gasteiger partial charge on any atom is 0.488 e. The van der Waals surface area contributed by atoms with Gasteiger partial charge in [-0.25, -0.2) is 0 Å². The Morgan fingerprint density at radius 3 is 2.10 bits per heavy atom. The highest BCUT2D eigenvalue weighted by Crippen LogP contribution is 2.51. The van der Waals surface area contributed by atoms with Crippen molar-refractivity contribution in [2.75, 3.05) is 18.1 Å². The highest BCUT2D eigenvalue weighted by Gasteiger charge is 2.58. The third-order valence-corrected chi connectivity index (χ3v) is 17.5. The van der Waals surface area contributed by atoms with E-state index in [2.05, 4.69) is 82.3 Å². The smallest absolute Gasteiger partial charge is 0.488 e. The van der Waals surface area contributed by atoms with Crippen molar-refractivity contribution in [3.8, 4) is 5.75 Å². The first-order valence-electron chi connectivity index (χ1n) is 20.7. The fourth-order valence-corrected chi connectivity index (χ4v) is 14.4. The number of ether oxygens (including phenoxy) is 1. The summed E-state index contributed by atoms with van der Waals surface area (Å²) in [5.41, 5.74) is 6.73. The monoisotopic (exact) mass is 797 g/mol. The quantitative estimate of drug-likeness (QED) is 0.0779. The molecule has 58 heavy (non-hydrogen) atoms. The van der Waals surface area contributed by atoms with Gasteiger partial charge in [-0.15, -0.1) is 0 Å². The Balaban J connectivity index is 1.28. The highest BCUT2D eigenvalue weighted by molar-refractivity contribution is 6.99. The molecular weight excluding hydrogens is 741 g/mol. The number of benzene rings is 4. The number of allylic oxidation sites excluding steroid dienone is 1. The second-order valence-electron chi connectivity index (χ2n) is 17.4. The zero-order chi connectivity index (χ0) is 41.4. The molecule has 0 unspecified atom stereocenters. The third kappa shape index (κ3) is 7.80. The van der Waals surface area contributed by atoms with Gasteiger partial charge in [0, 0.05) is 5.92 Å². The topological polar surface area (TPSA) is 117 Å². The number of aryl methyl sites for hydroxylation is 2. The number of aromatic hydroxyl groups is 1. The molecule has 8 nitrogen and oxygen atoms in total. The Labute approximate surface area is 344 Å². The normalized spacial score (nSPS) is 21.1. The summed E-state index contributed by atoms with van der Waals surface area (Å²) >= 11 is 0. The largest absolute Gasteiger partial charge is 0.507 e. The van der Waals surface area contributed by atoms with Crippen molar-refractivity contribution in [1.29, 1.82) is 0 Å². The lowest BCUT2D eigenvalue weighted by atomic mass is 9.69. The van der Waals surface area contributed by atoms with E-state index in [1.165, 1.54) is 26.9 Å². The number of carbonyl (C=O) groups is 2. The molecule has 4 aromatic carbocycles. The molecule has 4 atom stereocenters. The van der Waals surface area contributed by atoms with E-state index in [1.807, 2.05) is 38.1 Å². The molecule has 2 aliphatic heterocycles. The SMILES string of the molecule is CCC/C(=C\c1cc(C)c(O)c(C)c1)CC[C@H]1OC[C@H]2C1=C(CO[Si](c1ccccc1)(c1ccccc1)C(C)(C)C)C[C@H]1C(=O)N(c3cccc(B(O)O)c3)C(=O)[C@H]12. The number of anilines is 1. The molecule has 0 aromatic heterocycles. The molecule has 0 radical (unpaired) electrons. The Hall–Kier alpha value is -4.58. The van der Waals surface area contributed by atoms with Crippen molar-refractivity contribution in [3.63, 3.8) is 0 Å². The molecule has 2 amide bonds. The fraction of sp³-hybridized carbons (Fsp3) is 0.375. The summed E-state index contributed by atoms with van der Waals surface area (Å²) in [5.74, 6) is -1.72. The predicted molar refractivity (Wildman–Crippen MR) is 234 cm³/mol. The number of imide groups is 1. The maximum absolute atomic E-state index is 14.5. The number of phenols is 1. The van der Waals surface area contributed by atoms with Crippen LogP contribution in [0.2, 0.25) is 5.04 Å². The highest BCUT2D eigenvalue weighted by atomic mass is 28.4. The number of fused-ring (bicyclic) bond motifs is 3. The summed E-state index contributed by atoms with van der Waals surface area (Å²) in [6, 6.07) is 31.5. The minimum atomic E-state index is -2.96. The van der Waals surface area contributed by atoms with Gasteiger partial charge in [0.2, 0.25) is 11.8 Å². The van der Waals surface area contributed by atoms with Crippen LogP contribution < -0.4 is 20.7 Å². The molecule has 1 aliphatic carbocycles. The second kappa shape index (κ2) is 17.0. The molecule has 3 aliphatic rings. The second-order valence-corrected chi connectivity index (χ2v) is 21.7. The first kappa shape index (κ1) is 41.6. The molecule has 0 bridgehead atoms. The molecule has 0 spiro atoms. The summed E-state index contributed by atoms with van der Waals surface area (Å²) in [6.45, 7) is 13.4. The molecule has 10 heteroatoms. The minimum Gasteiger partial charge on any atom is -0.507 e. The Kier molecular flexibility index (Phi) is 12.2. The van der Waals surface area contributed by atoms with Gasteiger partial charge >= 0.3 is 7.12 Å². The molecule has 3 N–H and O–H groups in total.